The second-order valence-electron chi connectivity index (χ2n) is 6.32. The number of hydrogen-bond donors (Lipinski definition) is 1. The molecule has 144 valence electrons. The molecular weight excluding hydrogens is 374 g/mol. The van der Waals surface area contributed by atoms with Gasteiger partial charge in [-0.25, -0.2) is 4.79 Å². The van der Waals surface area contributed by atoms with Crippen LogP contribution in [0, 0.1) is 0 Å². The first-order valence-corrected chi connectivity index (χ1v) is 9.69. The van der Waals surface area contributed by atoms with E-state index < -0.39 is 5.97 Å². The molecule has 0 spiro atoms. The normalized spacial score (nSPS) is 10.5. The van der Waals surface area contributed by atoms with Gasteiger partial charge in [0, 0.05) is 17.0 Å². The zero-order chi connectivity index (χ0) is 19.9. The Morgan fingerprint density at radius 3 is 2.57 bits per heavy atom. The van der Waals surface area contributed by atoms with E-state index in [2.05, 4.69) is 0 Å². The first kappa shape index (κ1) is 19.6. The van der Waals surface area contributed by atoms with E-state index in [1.165, 1.54) is 6.07 Å². The van der Waals surface area contributed by atoms with E-state index in [1.807, 2.05) is 41.8 Å². The van der Waals surface area contributed by atoms with Crippen LogP contribution in [0.4, 0.5) is 0 Å². The molecule has 0 bridgehead atoms. The molecule has 0 fully saturated rings. The molecule has 0 atom stereocenters. The van der Waals surface area contributed by atoms with Crippen LogP contribution in [0.3, 0.4) is 0 Å². The summed E-state index contributed by atoms with van der Waals surface area (Å²) in [4.78, 5) is 27.1. The third-order valence-corrected chi connectivity index (χ3v) is 5.22. The van der Waals surface area contributed by atoms with E-state index in [9.17, 15) is 9.59 Å². The van der Waals surface area contributed by atoms with Crippen molar-refractivity contribution in [1.29, 1.82) is 0 Å². The molecule has 0 saturated heterocycles. The first-order valence-electron chi connectivity index (χ1n) is 8.81. The Bertz CT molecular complexity index is 953. The molecular formula is C22H21NO4S. The average molecular weight is 395 g/mol. The Morgan fingerprint density at radius 1 is 1.04 bits per heavy atom. The van der Waals surface area contributed by atoms with Crippen LogP contribution in [0.5, 0.6) is 5.75 Å². The smallest absolute Gasteiger partial charge is 0.335 e. The van der Waals surface area contributed by atoms with Gasteiger partial charge >= 0.3 is 5.97 Å². The van der Waals surface area contributed by atoms with Gasteiger partial charge in [0.25, 0.3) is 0 Å². The van der Waals surface area contributed by atoms with Crippen LogP contribution in [0.15, 0.2) is 66.0 Å². The van der Waals surface area contributed by atoms with Gasteiger partial charge in [-0.3, -0.25) is 4.79 Å². The molecule has 0 aliphatic heterocycles. The van der Waals surface area contributed by atoms with Gasteiger partial charge in [0.05, 0.1) is 25.6 Å². The van der Waals surface area contributed by atoms with Crippen LogP contribution in [0.2, 0.25) is 0 Å². The number of carboxylic acid groups (broad SMARTS) is 1. The van der Waals surface area contributed by atoms with Gasteiger partial charge in [-0.05, 0) is 35.2 Å². The minimum atomic E-state index is -1.00. The maximum absolute atomic E-state index is 13.1. The standard InChI is InChI=1S/C22H21NO4S/c1-27-20-10-3-2-7-18(20)14-23(15-19-9-5-11-28-19)21(24)13-16-6-4-8-17(12-16)22(25)26/h2-12H,13-15H2,1H3,(H,25,26). The van der Waals surface area contributed by atoms with Crippen molar-refractivity contribution in [2.45, 2.75) is 19.5 Å². The minimum absolute atomic E-state index is 0.0677. The summed E-state index contributed by atoms with van der Waals surface area (Å²) in [7, 11) is 1.61. The largest absolute Gasteiger partial charge is 0.496 e. The number of benzene rings is 2. The fourth-order valence-corrected chi connectivity index (χ4v) is 3.68. The number of carbonyl (C=O) groups excluding carboxylic acids is 1. The van der Waals surface area contributed by atoms with Gasteiger partial charge in [-0.2, -0.15) is 0 Å². The summed E-state index contributed by atoms with van der Waals surface area (Å²) < 4.78 is 5.42. The van der Waals surface area contributed by atoms with Crippen molar-refractivity contribution in [3.8, 4) is 5.75 Å². The first-order chi connectivity index (χ1) is 13.6. The molecule has 28 heavy (non-hydrogen) atoms. The molecule has 5 nitrogen and oxygen atoms in total. The number of methoxy groups -OCH3 is 1. The molecule has 0 unspecified atom stereocenters. The highest BCUT2D eigenvalue weighted by Crippen LogP contribution is 2.22. The molecule has 6 heteroatoms. The van der Waals surface area contributed by atoms with Crippen LogP contribution < -0.4 is 4.74 Å². The Hall–Kier alpha value is -3.12. The minimum Gasteiger partial charge on any atom is -0.496 e. The molecule has 3 aromatic rings. The number of nitrogens with zero attached hydrogens (tertiary/aromatic N) is 1. The highest BCUT2D eigenvalue weighted by Gasteiger charge is 2.18. The van der Waals surface area contributed by atoms with Crippen LogP contribution in [-0.2, 0) is 24.3 Å². The van der Waals surface area contributed by atoms with Gasteiger partial charge < -0.3 is 14.7 Å². The number of para-hydroxylation sites is 1. The summed E-state index contributed by atoms with van der Waals surface area (Å²) in [5, 5.41) is 11.2. The second-order valence-corrected chi connectivity index (χ2v) is 7.36. The fourth-order valence-electron chi connectivity index (χ4n) is 2.96. The topological polar surface area (TPSA) is 66.8 Å². The lowest BCUT2D eigenvalue weighted by atomic mass is 10.1. The summed E-state index contributed by atoms with van der Waals surface area (Å²) >= 11 is 1.60. The van der Waals surface area contributed by atoms with Crippen molar-refractivity contribution in [3.05, 3.63) is 87.6 Å². The molecule has 1 aromatic heterocycles. The molecule has 1 N–H and O–H groups in total. The highest BCUT2D eigenvalue weighted by atomic mass is 32.1. The van der Waals surface area contributed by atoms with E-state index in [0.717, 1.165) is 16.2 Å². The fraction of sp³-hybridized carbons (Fsp3) is 0.182. The molecule has 0 aliphatic carbocycles. The van der Waals surface area contributed by atoms with Crippen molar-refractivity contribution in [2.75, 3.05) is 7.11 Å². The predicted molar refractivity (Wildman–Crippen MR) is 109 cm³/mol. The Morgan fingerprint density at radius 2 is 1.86 bits per heavy atom. The quantitative estimate of drug-likeness (QED) is 0.620. The summed E-state index contributed by atoms with van der Waals surface area (Å²) in [6.07, 6.45) is 0.141. The molecule has 0 aliphatic rings. The van der Waals surface area contributed by atoms with Gasteiger partial charge in [0.15, 0.2) is 0 Å². The van der Waals surface area contributed by atoms with Gasteiger partial charge in [0.1, 0.15) is 5.75 Å². The third-order valence-electron chi connectivity index (χ3n) is 4.36. The van der Waals surface area contributed by atoms with Crippen molar-refractivity contribution in [3.63, 3.8) is 0 Å². The van der Waals surface area contributed by atoms with Crippen molar-refractivity contribution >= 4 is 23.2 Å². The molecule has 1 heterocycles. The zero-order valence-electron chi connectivity index (χ0n) is 15.5. The van der Waals surface area contributed by atoms with Crippen LogP contribution in [0.25, 0.3) is 0 Å². The monoisotopic (exact) mass is 395 g/mol. The summed E-state index contributed by atoms with van der Waals surface area (Å²) in [5.74, 6) is -0.333. The lowest BCUT2D eigenvalue weighted by Crippen LogP contribution is -2.31. The van der Waals surface area contributed by atoms with E-state index in [-0.39, 0.29) is 17.9 Å². The summed E-state index contributed by atoms with van der Waals surface area (Å²) in [6, 6.07) is 18.1. The van der Waals surface area contributed by atoms with Gasteiger partial charge in [0.2, 0.25) is 5.91 Å². The van der Waals surface area contributed by atoms with Gasteiger partial charge in [-0.15, -0.1) is 11.3 Å². The number of aromatic carboxylic acids is 1. The Kier molecular flexibility index (Phi) is 6.45. The molecule has 0 saturated carbocycles. The van der Waals surface area contributed by atoms with E-state index in [4.69, 9.17) is 9.84 Å². The number of carbonyl (C=O) groups is 2. The maximum Gasteiger partial charge on any atom is 0.335 e. The van der Waals surface area contributed by atoms with Crippen LogP contribution >= 0.6 is 11.3 Å². The number of ether oxygens (including phenoxy) is 1. The third kappa shape index (κ3) is 4.98. The number of rotatable bonds is 8. The number of thiophene rings is 1. The lowest BCUT2D eigenvalue weighted by Gasteiger charge is -2.23. The zero-order valence-corrected chi connectivity index (χ0v) is 16.3. The molecule has 2 aromatic carbocycles. The number of amides is 1. The van der Waals surface area contributed by atoms with Crippen molar-refractivity contribution in [2.24, 2.45) is 0 Å². The number of hydrogen-bond acceptors (Lipinski definition) is 4. The van der Waals surface area contributed by atoms with Gasteiger partial charge in [-0.1, -0.05) is 36.4 Å². The van der Waals surface area contributed by atoms with E-state index in [1.54, 1.807) is 41.5 Å². The van der Waals surface area contributed by atoms with Crippen molar-refractivity contribution in [1.82, 2.24) is 4.90 Å². The summed E-state index contributed by atoms with van der Waals surface area (Å²) in [6.45, 7) is 0.909. The maximum atomic E-state index is 13.1. The second kappa shape index (κ2) is 9.19. The Labute approximate surface area is 167 Å². The lowest BCUT2D eigenvalue weighted by molar-refractivity contribution is -0.131. The van der Waals surface area contributed by atoms with Crippen LogP contribution in [0.1, 0.15) is 26.4 Å². The summed E-state index contributed by atoms with van der Waals surface area (Å²) in [5.41, 5.74) is 1.79. The number of carboxylic acids is 1. The van der Waals surface area contributed by atoms with E-state index >= 15 is 0 Å². The Balaban J connectivity index is 1.82. The average Bonchev–Trinajstić information content (AvgIpc) is 3.21. The SMILES string of the molecule is COc1ccccc1CN(Cc1cccs1)C(=O)Cc1cccc(C(=O)O)c1. The molecule has 3 rings (SSSR count). The molecule has 0 radical (unpaired) electrons. The highest BCUT2D eigenvalue weighted by molar-refractivity contribution is 7.09. The van der Waals surface area contributed by atoms with E-state index in [0.29, 0.717) is 18.7 Å². The van der Waals surface area contributed by atoms with Crippen LogP contribution in [-0.4, -0.2) is 29.0 Å². The molecule has 1 amide bonds. The predicted octanol–water partition coefficient (Wildman–Crippen LogP) is 4.23. The van der Waals surface area contributed by atoms with Crippen molar-refractivity contribution < 1.29 is 19.4 Å².